The Morgan fingerprint density at radius 3 is 2.37 bits per heavy atom. The molecule has 106 valence electrons. The van der Waals surface area contributed by atoms with Gasteiger partial charge in [-0.2, -0.15) is 0 Å². The van der Waals surface area contributed by atoms with Crippen molar-refractivity contribution in [2.45, 2.75) is 39.2 Å². The molecule has 0 saturated carbocycles. The van der Waals surface area contributed by atoms with Crippen LogP contribution in [0.2, 0.25) is 0 Å². The minimum atomic E-state index is -0.466. The van der Waals surface area contributed by atoms with E-state index < -0.39 is 5.54 Å². The summed E-state index contributed by atoms with van der Waals surface area (Å²) in [6, 6.07) is 1.78. The van der Waals surface area contributed by atoms with E-state index in [1.807, 2.05) is 39.8 Å². The van der Waals surface area contributed by atoms with E-state index in [2.05, 4.69) is 4.98 Å². The van der Waals surface area contributed by atoms with E-state index in [-0.39, 0.29) is 5.78 Å². The number of hydrogen-bond acceptors (Lipinski definition) is 4. The molecule has 4 heteroatoms. The van der Waals surface area contributed by atoms with Gasteiger partial charge in [-0.1, -0.05) is 13.8 Å². The van der Waals surface area contributed by atoms with Gasteiger partial charge in [0.2, 0.25) is 0 Å². The van der Waals surface area contributed by atoms with Crippen LogP contribution < -0.4 is 4.74 Å². The van der Waals surface area contributed by atoms with Crippen molar-refractivity contribution in [2.75, 3.05) is 20.7 Å². The second-order valence-electron chi connectivity index (χ2n) is 4.80. The molecule has 0 aromatic carbocycles. The molecule has 0 aliphatic heterocycles. The molecule has 1 aromatic rings. The summed E-state index contributed by atoms with van der Waals surface area (Å²) in [5, 5.41) is 0. The van der Waals surface area contributed by atoms with Crippen molar-refractivity contribution in [2.24, 2.45) is 0 Å². The summed E-state index contributed by atoms with van der Waals surface area (Å²) in [6.07, 6.45) is 4.80. The maximum atomic E-state index is 12.8. The third kappa shape index (κ3) is 3.13. The van der Waals surface area contributed by atoms with E-state index in [1.165, 1.54) is 0 Å². The molecular weight excluding hydrogens is 240 g/mol. The highest BCUT2D eigenvalue weighted by atomic mass is 16.5. The first-order valence-electron chi connectivity index (χ1n) is 6.81. The number of carbonyl (C=O) groups excluding carboxylic acids is 1. The predicted octanol–water partition coefficient (Wildman–Crippen LogP) is 2.78. The lowest BCUT2D eigenvalue weighted by Crippen LogP contribution is -2.50. The molecular formula is C15H24N2O2. The third-order valence-corrected chi connectivity index (χ3v) is 3.73. The van der Waals surface area contributed by atoms with Gasteiger partial charge in [0.1, 0.15) is 5.75 Å². The molecule has 0 fully saturated rings. The van der Waals surface area contributed by atoms with Crippen LogP contribution in [0.4, 0.5) is 0 Å². The summed E-state index contributed by atoms with van der Waals surface area (Å²) in [7, 11) is 3.90. The number of nitrogens with zero attached hydrogens (tertiary/aromatic N) is 2. The Balaban J connectivity index is 3.13. The lowest BCUT2D eigenvalue weighted by molar-refractivity contribution is 0.0655. The zero-order chi connectivity index (χ0) is 14.5. The van der Waals surface area contributed by atoms with Crippen molar-refractivity contribution < 1.29 is 9.53 Å². The number of carbonyl (C=O) groups is 1. The average molecular weight is 264 g/mol. The Kier molecular flexibility index (Phi) is 5.48. The summed E-state index contributed by atoms with van der Waals surface area (Å²) in [4.78, 5) is 18.9. The van der Waals surface area contributed by atoms with Crippen molar-refractivity contribution >= 4 is 5.78 Å². The topological polar surface area (TPSA) is 42.4 Å². The molecule has 0 saturated heterocycles. The lowest BCUT2D eigenvalue weighted by Gasteiger charge is -2.37. The summed E-state index contributed by atoms with van der Waals surface area (Å²) in [6.45, 7) is 6.57. The Morgan fingerprint density at radius 2 is 1.89 bits per heavy atom. The van der Waals surface area contributed by atoms with Crippen LogP contribution in [-0.4, -0.2) is 41.9 Å². The fourth-order valence-electron chi connectivity index (χ4n) is 2.46. The van der Waals surface area contributed by atoms with Crippen LogP contribution >= 0.6 is 0 Å². The van der Waals surface area contributed by atoms with E-state index >= 15 is 0 Å². The molecule has 0 unspecified atom stereocenters. The summed E-state index contributed by atoms with van der Waals surface area (Å²) < 4.78 is 5.41. The normalized spacial score (nSPS) is 11.7. The van der Waals surface area contributed by atoms with Gasteiger partial charge < -0.3 is 4.74 Å². The Morgan fingerprint density at radius 1 is 1.26 bits per heavy atom. The van der Waals surface area contributed by atoms with E-state index in [0.29, 0.717) is 17.9 Å². The molecule has 0 aliphatic rings. The molecule has 4 nitrogen and oxygen atoms in total. The van der Waals surface area contributed by atoms with Gasteiger partial charge in [0, 0.05) is 11.8 Å². The predicted molar refractivity (Wildman–Crippen MR) is 76.7 cm³/mol. The molecule has 0 spiro atoms. The van der Waals surface area contributed by atoms with E-state index in [0.717, 1.165) is 12.8 Å². The molecule has 1 rings (SSSR count). The van der Waals surface area contributed by atoms with Crippen LogP contribution in [0, 0.1) is 0 Å². The first kappa shape index (κ1) is 15.6. The number of rotatable bonds is 7. The summed E-state index contributed by atoms with van der Waals surface area (Å²) >= 11 is 0. The first-order valence-corrected chi connectivity index (χ1v) is 6.81. The Bertz CT molecular complexity index is 426. The second-order valence-corrected chi connectivity index (χ2v) is 4.80. The van der Waals surface area contributed by atoms with Crippen molar-refractivity contribution in [3.63, 3.8) is 0 Å². The van der Waals surface area contributed by atoms with Crippen LogP contribution in [0.1, 0.15) is 44.0 Å². The van der Waals surface area contributed by atoms with Gasteiger partial charge in [-0.05, 0) is 39.9 Å². The SMILES string of the molecule is CCOc1cncc(C(=O)C(CC)(CC)N(C)C)c1. The van der Waals surface area contributed by atoms with E-state index in [9.17, 15) is 4.79 Å². The van der Waals surface area contributed by atoms with Crippen molar-refractivity contribution in [3.8, 4) is 5.75 Å². The number of ether oxygens (including phenoxy) is 1. The van der Waals surface area contributed by atoms with Crippen LogP contribution in [-0.2, 0) is 0 Å². The number of hydrogen-bond donors (Lipinski definition) is 0. The Hall–Kier alpha value is -1.42. The highest BCUT2D eigenvalue weighted by Crippen LogP contribution is 2.27. The fourth-order valence-corrected chi connectivity index (χ4v) is 2.46. The molecule has 0 aliphatic carbocycles. The average Bonchev–Trinajstić information content (AvgIpc) is 2.41. The Labute approximate surface area is 115 Å². The van der Waals surface area contributed by atoms with E-state index in [4.69, 9.17) is 4.74 Å². The van der Waals surface area contributed by atoms with Gasteiger partial charge in [0.05, 0.1) is 18.3 Å². The quantitative estimate of drug-likeness (QED) is 0.710. The van der Waals surface area contributed by atoms with Gasteiger partial charge in [0.15, 0.2) is 5.78 Å². The van der Waals surface area contributed by atoms with Crippen molar-refractivity contribution in [1.29, 1.82) is 0 Å². The summed E-state index contributed by atoms with van der Waals surface area (Å²) in [5.41, 5.74) is 0.148. The number of aromatic nitrogens is 1. The molecule has 0 radical (unpaired) electrons. The number of Topliss-reactive ketones (excluding diaryl/α,β-unsaturated/α-hetero) is 1. The molecule has 0 N–H and O–H groups in total. The van der Waals surface area contributed by atoms with Gasteiger partial charge in [-0.15, -0.1) is 0 Å². The molecule has 1 heterocycles. The van der Waals surface area contributed by atoms with Crippen LogP contribution in [0.15, 0.2) is 18.5 Å². The minimum Gasteiger partial charge on any atom is -0.492 e. The highest BCUT2D eigenvalue weighted by molar-refractivity contribution is 6.03. The molecule has 0 atom stereocenters. The van der Waals surface area contributed by atoms with Crippen molar-refractivity contribution in [1.82, 2.24) is 9.88 Å². The summed E-state index contributed by atoms with van der Waals surface area (Å²) in [5.74, 6) is 0.754. The smallest absolute Gasteiger partial charge is 0.184 e. The lowest BCUT2D eigenvalue weighted by atomic mass is 9.83. The zero-order valence-corrected chi connectivity index (χ0v) is 12.6. The van der Waals surface area contributed by atoms with Gasteiger partial charge in [-0.3, -0.25) is 14.7 Å². The molecule has 0 amide bonds. The third-order valence-electron chi connectivity index (χ3n) is 3.73. The van der Waals surface area contributed by atoms with Gasteiger partial charge in [0.25, 0.3) is 0 Å². The minimum absolute atomic E-state index is 0.108. The first-order chi connectivity index (χ1) is 9.01. The largest absolute Gasteiger partial charge is 0.492 e. The van der Waals surface area contributed by atoms with Crippen LogP contribution in [0.25, 0.3) is 0 Å². The van der Waals surface area contributed by atoms with Crippen molar-refractivity contribution in [3.05, 3.63) is 24.0 Å². The highest BCUT2D eigenvalue weighted by Gasteiger charge is 2.37. The fraction of sp³-hybridized carbons (Fsp3) is 0.600. The number of ketones is 1. The molecule has 0 bridgehead atoms. The standard InChI is InChI=1S/C15H24N2O2/c1-6-15(7-2,17(4)5)14(18)12-9-13(19-8-3)11-16-10-12/h9-11H,6-8H2,1-5H3. The molecule has 1 aromatic heterocycles. The second kappa shape index (κ2) is 6.66. The van der Waals surface area contributed by atoms with Gasteiger partial charge >= 0.3 is 0 Å². The van der Waals surface area contributed by atoms with Crippen LogP contribution in [0.5, 0.6) is 5.75 Å². The van der Waals surface area contributed by atoms with Crippen LogP contribution in [0.3, 0.4) is 0 Å². The number of pyridine rings is 1. The maximum absolute atomic E-state index is 12.8. The zero-order valence-electron chi connectivity index (χ0n) is 12.6. The van der Waals surface area contributed by atoms with E-state index in [1.54, 1.807) is 18.5 Å². The number of likely N-dealkylation sites (N-methyl/N-ethyl adjacent to an activating group) is 1. The monoisotopic (exact) mass is 264 g/mol. The molecule has 19 heavy (non-hydrogen) atoms. The van der Waals surface area contributed by atoms with Gasteiger partial charge in [-0.25, -0.2) is 0 Å². The maximum Gasteiger partial charge on any atom is 0.184 e.